The van der Waals surface area contributed by atoms with E-state index in [2.05, 4.69) is 15.6 Å². The molecule has 0 saturated heterocycles. The highest BCUT2D eigenvalue weighted by atomic mass is 32.1. The van der Waals surface area contributed by atoms with Crippen LogP contribution in [-0.4, -0.2) is 28.3 Å². The number of aromatic nitrogens is 1. The van der Waals surface area contributed by atoms with Crippen LogP contribution in [0.3, 0.4) is 0 Å². The molecule has 0 saturated carbocycles. The molecule has 1 aromatic rings. The second-order valence-corrected chi connectivity index (χ2v) is 5.84. The summed E-state index contributed by atoms with van der Waals surface area (Å²) in [5, 5.41) is 15.4. The van der Waals surface area contributed by atoms with Crippen molar-refractivity contribution in [1.29, 1.82) is 0 Å². The number of halogens is 3. The van der Waals surface area contributed by atoms with Crippen molar-refractivity contribution < 1.29 is 23.1 Å². The van der Waals surface area contributed by atoms with Crippen molar-refractivity contribution in [2.24, 2.45) is 0 Å². The van der Waals surface area contributed by atoms with Crippen LogP contribution in [0.4, 0.5) is 18.0 Å². The molecule has 0 aliphatic heterocycles. The minimum absolute atomic E-state index is 0.0970. The van der Waals surface area contributed by atoms with Crippen molar-refractivity contribution >= 4 is 17.4 Å². The van der Waals surface area contributed by atoms with Crippen LogP contribution in [0.15, 0.2) is 5.38 Å². The molecular formula is C12H18F3N3O2S. The van der Waals surface area contributed by atoms with E-state index >= 15 is 0 Å². The second-order valence-electron chi connectivity index (χ2n) is 4.90. The Morgan fingerprint density at radius 3 is 2.62 bits per heavy atom. The van der Waals surface area contributed by atoms with Crippen LogP contribution >= 0.6 is 11.3 Å². The smallest absolute Gasteiger partial charge is 0.394 e. The van der Waals surface area contributed by atoms with Gasteiger partial charge in [-0.15, -0.1) is 11.3 Å². The molecule has 21 heavy (non-hydrogen) atoms. The average Bonchev–Trinajstić information content (AvgIpc) is 2.85. The molecular weight excluding hydrogens is 307 g/mol. The Kier molecular flexibility index (Phi) is 5.97. The molecule has 3 N–H and O–H groups in total. The number of hydrogen-bond donors (Lipinski definition) is 3. The average molecular weight is 325 g/mol. The van der Waals surface area contributed by atoms with E-state index in [-0.39, 0.29) is 18.2 Å². The lowest BCUT2D eigenvalue weighted by atomic mass is 9.98. The van der Waals surface area contributed by atoms with Crippen molar-refractivity contribution in [2.75, 3.05) is 6.61 Å². The summed E-state index contributed by atoms with van der Waals surface area (Å²) < 4.78 is 37.1. The zero-order chi connectivity index (χ0) is 16.1. The maximum absolute atomic E-state index is 12.4. The molecule has 1 heterocycles. The number of nitrogens with one attached hydrogen (secondary N) is 2. The van der Waals surface area contributed by atoms with Crippen molar-refractivity contribution in [3.05, 3.63) is 16.1 Å². The largest absolute Gasteiger partial charge is 0.434 e. The van der Waals surface area contributed by atoms with Gasteiger partial charge in [0.05, 0.1) is 18.7 Å². The van der Waals surface area contributed by atoms with Gasteiger partial charge in [0.1, 0.15) is 5.01 Å². The number of carbonyl (C=O) groups is 1. The highest BCUT2D eigenvalue weighted by molar-refractivity contribution is 7.09. The van der Waals surface area contributed by atoms with Crippen LogP contribution < -0.4 is 10.6 Å². The maximum atomic E-state index is 12.4. The van der Waals surface area contributed by atoms with Crippen molar-refractivity contribution in [3.63, 3.8) is 0 Å². The third-order valence-electron chi connectivity index (χ3n) is 2.81. The van der Waals surface area contributed by atoms with E-state index in [9.17, 15) is 23.1 Å². The van der Waals surface area contributed by atoms with E-state index in [4.69, 9.17) is 0 Å². The molecule has 120 valence electrons. The summed E-state index contributed by atoms with van der Waals surface area (Å²) in [4.78, 5) is 15.1. The fourth-order valence-electron chi connectivity index (χ4n) is 1.73. The van der Waals surface area contributed by atoms with Gasteiger partial charge in [0, 0.05) is 5.38 Å². The first-order valence-corrected chi connectivity index (χ1v) is 7.26. The predicted octanol–water partition coefficient (Wildman–Crippen LogP) is 2.51. The lowest BCUT2D eigenvalue weighted by molar-refractivity contribution is -0.140. The first-order valence-electron chi connectivity index (χ1n) is 6.38. The van der Waals surface area contributed by atoms with E-state index in [1.165, 1.54) is 0 Å². The summed E-state index contributed by atoms with van der Waals surface area (Å²) in [6, 6.07) is -0.552. The van der Waals surface area contributed by atoms with E-state index in [1.54, 1.807) is 6.92 Å². The third kappa shape index (κ3) is 5.50. The molecule has 0 aromatic carbocycles. The minimum Gasteiger partial charge on any atom is -0.394 e. The van der Waals surface area contributed by atoms with Gasteiger partial charge < -0.3 is 15.7 Å². The molecule has 5 nitrogen and oxygen atoms in total. The van der Waals surface area contributed by atoms with Crippen molar-refractivity contribution in [2.45, 2.75) is 44.9 Å². The molecule has 0 spiro atoms. The lowest BCUT2D eigenvalue weighted by Gasteiger charge is -2.28. The Bertz CT molecular complexity index is 479. The maximum Gasteiger partial charge on any atom is 0.434 e. The molecule has 1 atom stereocenters. The molecule has 0 aliphatic carbocycles. The van der Waals surface area contributed by atoms with Crippen LogP contribution in [0.1, 0.15) is 37.4 Å². The predicted molar refractivity (Wildman–Crippen MR) is 72.9 cm³/mol. The van der Waals surface area contributed by atoms with Gasteiger partial charge in [0.25, 0.3) is 0 Å². The normalized spacial score (nSPS) is 14.6. The van der Waals surface area contributed by atoms with Crippen LogP contribution in [0.2, 0.25) is 0 Å². The van der Waals surface area contributed by atoms with Gasteiger partial charge in [-0.05, 0) is 13.3 Å². The van der Waals surface area contributed by atoms with Gasteiger partial charge in [-0.25, -0.2) is 9.78 Å². The molecule has 2 amide bonds. The first kappa shape index (κ1) is 17.7. The van der Waals surface area contributed by atoms with Gasteiger partial charge >= 0.3 is 12.2 Å². The summed E-state index contributed by atoms with van der Waals surface area (Å²) in [5.74, 6) is 0. The molecule has 0 aliphatic rings. The molecule has 1 aromatic heterocycles. The Morgan fingerprint density at radius 2 is 2.14 bits per heavy atom. The van der Waals surface area contributed by atoms with Gasteiger partial charge in [0.15, 0.2) is 5.69 Å². The van der Waals surface area contributed by atoms with Crippen molar-refractivity contribution in [3.8, 4) is 0 Å². The number of alkyl halides is 3. The van der Waals surface area contributed by atoms with Crippen LogP contribution in [0.5, 0.6) is 0 Å². The Morgan fingerprint density at radius 1 is 1.48 bits per heavy atom. The Hall–Kier alpha value is -1.35. The monoisotopic (exact) mass is 325 g/mol. The molecule has 0 bridgehead atoms. The lowest BCUT2D eigenvalue weighted by Crippen LogP contribution is -2.52. The second kappa shape index (κ2) is 7.08. The van der Waals surface area contributed by atoms with Gasteiger partial charge in [-0.3, -0.25) is 0 Å². The van der Waals surface area contributed by atoms with Crippen molar-refractivity contribution in [1.82, 2.24) is 15.6 Å². The number of thiazole rings is 1. The van der Waals surface area contributed by atoms with Crippen LogP contribution in [0, 0.1) is 0 Å². The molecule has 0 fully saturated rings. The molecule has 9 heteroatoms. The fraction of sp³-hybridized carbons (Fsp3) is 0.667. The highest BCUT2D eigenvalue weighted by Gasteiger charge is 2.33. The fourth-order valence-corrected chi connectivity index (χ4v) is 2.47. The van der Waals surface area contributed by atoms with Gasteiger partial charge in [-0.1, -0.05) is 13.3 Å². The Balaban J connectivity index is 2.51. The molecule has 0 radical (unpaired) electrons. The Labute approximate surface area is 124 Å². The zero-order valence-corrected chi connectivity index (χ0v) is 12.6. The number of urea groups is 1. The van der Waals surface area contributed by atoms with E-state index < -0.39 is 23.4 Å². The van der Waals surface area contributed by atoms with Crippen LogP contribution in [-0.2, 0) is 12.7 Å². The topological polar surface area (TPSA) is 74.2 Å². The zero-order valence-electron chi connectivity index (χ0n) is 11.8. The number of hydrogen-bond acceptors (Lipinski definition) is 4. The third-order valence-corrected chi connectivity index (χ3v) is 3.66. The minimum atomic E-state index is -4.48. The van der Waals surface area contributed by atoms with E-state index in [1.807, 2.05) is 6.92 Å². The number of nitrogens with zero attached hydrogens (tertiary/aromatic N) is 1. The summed E-state index contributed by atoms with van der Waals surface area (Å²) in [7, 11) is 0. The summed E-state index contributed by atoms with van der Waals surface area (Å²) >= 11 is 0.829. The van der Waals surface area contributed by atoms with Gasteiger partial charge in [0.2, 0.25) is 0 Å². The first-order chi connectivity index (χ1) is 9.70. The number of carbonyl (C=O) groups excluding carboxylic acids is 1. The molecule has 1 unspecified atom stereocenters. The number of rotatable bonds is 6. The summed E-state index contributed by atoms with van der Waals surface area (Å²) in [5.41, 5.74) is -1.71. The summed E-state index contributed by atoms with van der Waals surface area (Å²) in [6.45, 7) is 3.30. The van der Waals surface area contributed by atoms with Crippen LogP contribution in [0.25, 0.3) is 0 Å². The van der Waals surface area contributed by atoms with Gasteiger partial charge in [-0.2, -0.15) is 13.2 Å². The van der Waals surface area contributed by atoms with E-state index in [0.717, 1.165) is 23.1 Å². The standard InChI is InChI=1S/C12H18F3N3O2S/c1-3-4-11(2,7-19)18-10(20)16-5-9-17-8(6-21-9)12(13,14)15/h6,19H,3-5,7H2,1-2H3,(H2,16,18,20). The molecule has 1 rings (SSSR count). The van der Waals surface area contributed by atoms with E-state index in [0.29, 0.717) is 6.42 Å². The SMILES string of the molecule is CCCC(C)(CO)NC(=O)NCc1nc(C(F)(F)F)cs1. The number of aliphatic hydroxyl groups is 1. The highest BCUT2D eigenvalue weighted by Crippen LogP contribution is 2.29. The quantitative estimate of drug-likeness (QED) is 0.752. The number of aliphatic hydroxyl groups excluding tert-OH is 1. The number of amides is 2. The summed E-state index contributed by atoms with van der Waals surface area (Å²) in [6.07, 6.45) is -3.11.